The lowest BCUT2D eigenvalue weighted by Crippen LogP contribution is -2.41. The third-order valence-corrected chi connectivity index (χ3v) is 1.29. The summed E-state index contributed by atoms with van der Waals surface area (Å²) in [7, 11) is 0. The Labute approximate surface area is 66.8 Å². The molecule has 0 aliphatic heterocycles. The highest BCUT2D eigenvalue weighted by Crippen LogP contribution is 1.82. The van der Waals surface area contributed by atoms with Gasteiger partial charge in [0.15, 0.2) is 0 Å². The molecule has 0 radical (unpaired) electrons. The zero-order chi connectivity index (χ0) is 8.69. The number of hydrogen-bond donors (Lipinski definition) is 1. The van der Waals surface area contributed by atoms with E-state index in [1.54, 1.807) is 11.1 Å². The summed E-state index contributed by atoms with van der Waals surface area (Å²) in [4.78, 5) is 10.8. The number of hydrazine groups is 1. The van der Waals surface area contributed by atoms with Crippen LogP contribution in [0.5, 0.6) is 0 Å². The van der Waals surface area contributed by atoms with E-state index in [2.05, 4.69) is 5.43 Å². The maximum atomic E-state index is 10.8. The van der Waals surface area contributed by atoms with Crippen molar-refractivity contribution in [3.8, 4) is 6.07 Å². The average molecular weight is 155 g/mol. The lowest BCUT2D eigenvalue weighted by Gasteiger charge is -2.17. The first kappa shape index (κ1) is 9.92. The topological polar surface area (TPSA) is 56.1 Å². The second-order valence-corrected chi connectivity index (χ2v) is 2.04. The van der Waals surface area contributed by atoms with Crippen molar-refractivity contribution < 1.29 is 4.79 Å². The quantitative estimate of drug-likeness (QED) is 0.593. The van der Waals surface area contributed by atoms with E-state index in [1.165, 1.54) is 0 Å². The smallest absolute Gasteiger partial charge is 0.248 e. The number of nitrogens with zero attached hydrogens (tertiary/aromatic N) is 2. The van der Waals surface area contributed by atoms with Crippen LogP contribution in [0.25, 0.3) is 0 Å². The molecule has 0 aromatic heterocycles. The summed E-state index contributed by atoms with van der Waals surface area (Å²) in [5, 5.41) is 9.92. The molecule has 0 aliphatic rings. The van der Waals surface area contributed by atoms with E-state index < -0.39 is 0 Å². The highest BCUT2D eigenvalue weighted by molar-refractivity contribution is 5.77. The second-order valence-electron chi connectivity index (χ2n) is 2.04. The number of rotatable bonds is 4. The Balaban J connectivity index is 3.64. The first-order valence-electron chi connectivity index (χ1n) is 3.66. The molecule has 0 fully saturated rings. The molecule has 0 saturated carbocycles. The van der Waals surface area contributed by atoms with E-state index in [1.807, 2.05) is 13.8 Å². The highest BCUT2D eigenvalue weighted by Gasteiger charge is 2.03. The number of hydrogen-bond acceptors (Lipinski definition) is 3. The van der Waals surface area contributed by atoms with Gasteiger partial charge in [-0.05, 0) is 0 Å². The van der Waals surface area contributed by atoms with Gasteiger partial charge in [0.25, 0.3) is 0 Å². The fourth-order valence-electron chi connectivity index (χ4n) is 0.669. The van der Waals surface area contributed by atoms with E-state index in [4.69, 9.17) is 5.26 Å². The van der Waals surface area contributed by atoms with Crippen LogP contribution in [0.1, 0.15) is 20.3 Å². The predicted molar refractivity (Wildman–Crippen MR) is 41.3 cm³/mol. The lowest BCUT2D eigenvalue weighted by molar-refractivity contribution is -0.124. The fraction of sp³-hybridized carbons (Fsp3) is 0.714. The van der Waals surface area contributed by atoms with Crippen LogP contribution >= 0.6 is 0 Å². The minimum atomic E-state index is -0.240. The van der Waals surface area contributed by atoms with Crippen molar-refractivity contribution in [3.05, 3.63) is 0 Å². The minimum Gasteiger partial charge on any atom is -0.288 e. The van der Waals surface area contributed by atoms with Crippen LogP contribution in [0, 0.1) is 11.3 Å². The molecule has 11 heavy (non-hydrogen) atoms. The zero-order valence-corrected chi connectivity index (χ0v) is 6.92. The zero-order valence-electron chi connectivity index (χ0n) is 6.92. The molecule has 0 spiro atoms. The molecule has 0 aliphatic carbocycles. The number of nitriles is 1. The van der Waals surface area contributed by atoms with Crippen molar-refractivity contribution in [1.82, 2.24) is 10.4 Å². The van der Waals surface area contributed by atoms with Gasteiger partial charge in [-0.25, -0.2) is 5.01 Å². The van der Waals surface area contributed by atoms with E-state index >= 15 is 0 Å². The van der Waals surface area contributed by atoms with Gasteiger partial charge in [-0.3, -0.25) is 10.2 Å². The molecule has 4 nitrogen and oxygen atoms in total. The Bertz CT molecular complexity index is 158. The number of amides is 1. The molecule has 62 valence electrons. The molecule has 0 heterocycles. The van der Waals surface area contributed by atoms with Crippen LogP contribution < -0.4 is 5.43 Å². The average Bonchev–Trinajstić information content (AvgIpc) is 2.01. The minimum absolute atomic E-state index is 0.0729. The molecular formula is C7H13N3O. The Kier molecular flexibility index (Phi) is 5.13. The first-order valence-corrected chi connectivity index (χ1v) is 3.66. The van der Waals surface area contributed by atoms with Crippen LogP contribution in [-0.2, 0) is 4.79 Å². The Morgan fingerprint density at radius 3 is 2.45 bits per heavy atom. The maximum Gasteiger partial charge on any atom is 0.248 e. The lowest BCUT2D eigenvalue weighted by atomic mass is 10.4. The molecule has 1 amide bonds. The van der Waals surface area contributed by atoms with E-state index in [9.17, 15) is 4.79 Å². The molecule has 0 saturated heterocycles. The van der Waals surface area contributed by atoms with Crippen molar-refractivity contribution in [3.63, 3.8) is 0 Å². The third kappa shape index (κ3) is 4.34. The fourth-order valence-corrected chi connectivity index (χ4v) is 0.669. The summed E-state index contributed by atoms with van der Waals surface area (Å²) in [6.07, 6.45) is -0.0729. The SMILES string of the molecule is CCN(CC)NC(=O)CC#N. The van der Waals surface area contributed by atoms with Crippen LogP contribution in [-0.4, -0.2) is 24.0 Å². The van der Waals surface area contributed by atoms with Gasteiger partial charge in [-0.2, -0.15) is 5.26 Å². The van der Waals surface area contributed by atoms with Gasteiger partial charge in [-0.1, -0.05) is 13.8 Å². The number of carbonyl (C=O) groups excluding carboxylic acids is 1. The summed E-state index contributed by atoms with van der Waals surface area (Å²) in [6.45, 7) is 5.40. The van der Waals surface area contributed by atoms with Gasteiger partial charge >= 0.3 is 0 Å². The first-order chi connectivity index (χ1) is 5.24. The second kappa shape index (κ2) is 5.69. The molecule has 4 heteroatoms. The van der Waals surface area contributed by atoms with Crippen molar-refractivity contribution in [2.24, 2.45) is 0 Å². The summed E-state index contributed by atoms with van der Waals surface area (Å²) in [5.41, 5.74) is 2.59. The van der Waals surface area contributed by atoms with Gasteiger partial charge in [0.2, 0.25) is 5.91 Å². The number of nitrogens with one attached hydrogen (secondary N) is 1. The molecule has 0 bridgehead atoms. The molecule has 1 N–H and O–H groups in total. The molecular weight excluding hydrogens is 142 g/mol. The van der Waals surface area contributed by atoms with Gasteiger partial charge < -0.3 is 0 Å². The molecule has 0 rings (SSSR count). The highest BCUT2D eigenvalue weighted by atomic mass is 16.2. The van der Waals surface area contributed by atoms with E-state index in [-0.39, 0.29) is 12.3 Å². The maximum absolute atomic E-state index is 10.8. The largest absolute Gasteiger partial charge is 0.288 e. The monoisotopic (exact) mass is 155 g/mol. The van der Waals surface area contributed by atoms with Gasteiger partial charge in [0.1, 0.15) is 6.42 Å². The van der Waals surface area contributed by atoms with Crippen molar-refractivity contribution in [2.45, 2.75) is 20.3 Å². The summed E-state index contributed by atoms with van der Waals surface area (Å²) >= 11 is 0. The Morgan fingerprint density at radius 1 is 1.55 bits per heavy atom. The van der Waals surface area contributed by atoms with Crippen molar-refractivity contribution in [2.75, 3.05) is 13.1 Å². The van der Waals surface area contributed by atoms with Crippen molar-refractivity contribution >= 4 is 5.91 Å². The molecule has 0 atom stereocenters. The van der Waals surface area contributed by atoms with Crippen LogP contribution in [0.15, 0.2) is 0 Å². The van der Waals surface area contributed by atoms with Gasteiger partial charge in [0, 0.05) is 13.1 Å². The standard InChI is InChI=1S/C7H13N3O/c1-3-10(4-2)9-7(11)5-6-8/h3-5H2,1-2H3,(H,9,11). The van der Waals surface area contributed by atoms with Crippen molar-refractivity contribution in [1.29, 1.82) is 5.26 Å². The predicted octanol–water partition coefficient (Wildman–Crippen LogP) is 0.273. The van der Waals surface area contributed by atoms with E-state index in [0.29, 0.717) is 0 Å². The summed E-state index contributed by atoms with van der Waals surface area (Å²) < 4.78 is 0. The normalized spacial score (nSPS) is 9.27. The van der Waals surface area contributed by atoms with E-state index in [0.717, 1.165) is 13.1 Å². The molecule has 0 aromatic rings. The van der Waals surface area contributed by atoms with Crippen LogP contribution in [0.2, 0.25) is 0 Å². The summed E-state index contributed by atoms with van der Waals surface area (Å²) in [5.74, 6) is -0.240. The van der Waals surface area contributed by atoms with Gasteiger partial charge in [0.05, 0.1) is 6.07 Å². The Hall–Kier alpha value is -1.08. The third-order valence-electron chi connectivity index (χ3n) is 1.29. The summed E-state index contributed by atoms with van der Waals surface area (Å²) in [6, 6.07) is 1.78. The van der Waals surface area contributed by atoms with Crippen LogP contribution in [0.3, 0.4) is 0 Å². The molecule has 0 unspecified atom stereocenters. The van der Waals surface area contributed by atoms with Crippen LogP contribution in [0.4, 0.5) is 0 Å². The molecule has 0 aromatic carbocycles. The number of carbonyl (C=O) groups is 1. The Morgan fingerprint density at radius 2 is 2.09 bits per heavy atom. The van der Waals surface area contributed by atoms with Gasteiger partial charge in [-0.15, -0.1) is 0 Å².